The molecule has 0 unspecified atom stereocenters. The Labute approximate surface area is 108 Å². The van der Waals surface area contributed by atoms with E-state index in [1.54, 1.807) is 0 Å². The van der Waals surface area contributed by atoms with Crippen LogP contribution in [-0.4, -0.2) is 23.3 Å². The van der Waals surface area contributed by atoms with E-state index in [1.807, 2.05) is 0 Å². The van der Waals surface area contributed by atoms with Crippen molar-refractivity contribution in [1.29, 1.82) is 0 Å². The Balaban J connectivity index is 1.81. The lowest BCUT2D eigenvalue weighted by Crippen LogP contribution is -2.42. The lowest BCUT2D eigenvalue weighted by Gasteiger charge is -2.28. The van der Waals surface area contributed by atoms with Gasteiger partial charge in [-0.15, -0.1) is 0 Å². The molecule has 3 nitrogen and oxygen atoms in total. The maximum absolute atomic E-state index is 11.8. The molecule has 0 bridgehead atoms. The molecule has 18 heavy (non-hydrogen) atoms. The van der Waals surface area contributed by atoms with Crippen LogP contribution in [0.2, 0.25) is 0 Å². The van der Waals surface area contributed by atoms with Gasteiger partial charge >= 0.3 is 5.97 Å². The standard InChI is InChI=1S/C15H20O3/c1-8-4-5-10-9(2)13(16)17-12(10)15-11(8)6-7-14(15,3)18-15/h8,10-12H,2,4-7H2,1,3H3/t8-,10-,11+,12-,14+,15+/m0/s1. The normalized spacial score (nSPS) is 57.4. The van der Waals surface area contributed by atoms with Crippen molar-refractivity contribution >= 4 is 5.97 Å². The molecule has 1 spiro atoms. The predicted octanol–water partition coefficient (Wildman–Crippen LogP) is 2.45. The molecule has 6 atom stereocenters. The first-order valence-corrected chi connectivity index (χ1v) is 7.09. The van der Waals surface area contributed by atoms with Crippen LogP contribution in [0.25, 0.3) is 0 Å². The molecule has 2 saturated carbocycles. The summed E-state index contributed by atoms with van der Waals surface area (Å²) in [5, 5.41) is 0. The maximum Gasteiger partial charge on any atom is 0.334 e. The van der Waals surface area contributed by atoms with Crippen molar-refractivity contribution in [2.24, 2.45) is 17.8 Å². The molecule has 0 amide bonds. The topological polar surface area (TPSA) is 38.8 Å². The van der Waals surface area contributed by atoms with Gasteiger partial charge in [0.15, 0.2) is 0 Å². The average Bonchev–Trinajstić information content (AvgIpc) is 2.73. The third-order valence-corrected chi connectivity index (χ3v) is 6.01. The lowest BCUT2D eigenvalue weighted by atomic mass is 9.77. The van der Waals surface area contributed by atoms with E-state index in [-0.39, 0.29) is 29.2 Å². The second-order valence-corrected chi connectivity index (χ2v) is 6.78. The summed E-state index contributed by atoms with van der Waals surface area (Å²) in [6.45, 7) is 8.46. The molecule has 0 radical (unpaired) electrons. The fraction of sp³-hybridized carbons (Fsp3) is 0.800. The number of carbonyl (C=O) groups is 1. The smallest absolute Gasteiger partial charge is 0.334 e. The van der Waals surface area contributed by atoms with Crippen LogP contribution in [0.3, 0.4) is 0 Å². The number of fused-ring (bicyclic) bond motifs is 1. The van der Waals surface area contributed by atoms with E-state index in [0.29, 0.717) is 17.4 Å². The Kier molecular flexibility index (Phi) is 1.84. The molecular formula is C15H20O3. The van der Waals surface area contributed by atoms with Crippen LogP contribution in [0.15, 0.2) is 12.2 Å². The van der Waals surface area contributed by atoms with Crippen LogP contribution in [0.5, 0.6) is 0 Å². The Morgan fingerprint density at radius 2 is 2.11 bits per heavy atom. The zero-order chi connectivity index (χ0) is 12.7. The highest BCUT2D eigenvalue weighted by Crippen LogP contribution is 2.70. The molecule has 2 heterocycles. The van der Waals surface area contributed by atoms with E-state index in [2.05, 4.69) is 20.4 Å². The zero-order valence-electron chi connectivity index (χ0n) is 11.1. The summed E-state index contributed by atoms with van der Waals surface area (Å²) in [6, 6.07) is 0. The third kappa shape index (κ3) is 1.00. The second-order valence-electron chi connectivity index (χ2n) is 6.78. The van der Waals surface area contributed by atoms with Gasteiger partial charge in [-0.2, -0.15) is 0 Å². The molecule has 4 fully saturated rings. The lowest BCUT2D eigenvalue weighted by molar-refractivity contribution is -0.143. The quantitative estimate of drug-likeness (QED) is 0.375. The zero-order valence-corrected chi connectivity index (χ0v) is 11.1. The fourth-order valence-electron chi connectivity index (χ4n) is 4.95. The minimum atomic E-state index is -0.197. The van der Waals surface area contributed by atoms with E-state index in [9.17, 15) is 4.79 Å². The van der Waals surface area contributed by atoms with Crippen molar-refractivity contribution in [3.63, 3.8) is 0 Å². The van der Waals surface area contributed by atoms with Crippen LogP contribution in [-0.2, 0) is 14.3 Å². The number of carbonyl (C=O) groups excluding carboxylic acids is 1. The van der Waals surface area contributed by atoms with Gasteiger partial charge in [-0.25, -0.2) is 4.79 Å². The SMILES string of the molecule is C=C1C(=O)O[C@H]2[C@H]1CC[C@H](C)[C@H]1CC[C@@]3(C)O[C@]123. The Hall–Kier alpha value is -0.830. The van der Waals surface area contributed by atoms with Gasteiger partial charge in [-0.3, -0.25) is 0 Å². The second kappa shape index (κ2) is 3.01. The minimum absolute atomic E-state index is 0.0515. The molecule has 2 aliphatic heterocycles. The minimum Gasteiger partial charge on any atom is -0.455 e. The number of epoxide rings is 1. The maximum atomic E-state index is 11.8. The molecule has 3 heteroatoms. The number of ether oxygens (including phenoxy) is 2. The molecule has 0 N–H and O–H groups in total. The Morgan fingerprint density at radius 3 is 2.83 bits per heavy atom. The highest BCUT2D eigenvalue weighted by Gasteiger charge is 2.81. The molecule has 98 valence electrons. The number of esters is 1. The monoisotopic (exact) mass is 248 g/mol. The van der Waals surface area contributed by atoms with Gasteiger partial charge in [0.25, 0.3) is 0 Å². The van der Waals surface area contributed by atoms with Crippen molar-refractivity contribution in [2.75, 3.05) is 0 Å². The van der Waals surface area contributed by atoms with Crippen LogP contribution < -0.4 is 0 Å². The van der Waals surface area contributed by atoms with E-state index < -0.39 is 0 Å². The first kappa shape index (κ1) is 11.0. The number of rotatable bonds is 0. The molecule has 4 rings (SSSR count). The van der Waals surface area contributed by atoms with Crippen molar-refractivity contribution in [2.45, 2.75) is 56.8 Å². The molecule has 0 aromatic rings. The van der Waals surface area contributed by atoms with Crippen molar-refractivity contribution < 1.29 is 14.3 Å². The number of hydrogen-bond donors (Lipinski definition) is 0. The summed E-state index contributed by atoms with van der Waals surface area (Å²) < 4.78 is 11.8. The van der Waals surface area contributed by atoms with E-state index in [0.717, 1.165) is 19.3 Å². The molecule has 0 aromatic carbocycles. The van der Waals surface area contributed by atoms with Crippen LogP contribution in [0, 0.1) is 17.8 Å². The first-order chi connectivity index (χ1) is 8.49. The van der Waals surface area contributed by atoms with Crippen LogP contribution in [0.4, 0.5) is 0 Å². The average molecular weight is 248 g/mol. The van der Waals surface area contributed by atoms with E-state index >= 15 is 0 Å². The van der Waals surface area contributed by atoms with Crippen molar-refractivity contribution in [3.8, 4) is 0 Å². The van der Waals surface area contributed by atoms with Crippen LogP contribution >= 0.6 is 0 Å². The van der Waals surface area contributed by atoms with E-state index in [1.165, 1.54) is 6.42 Å². The molecule has 2 saturated heterocycles. The van der Waals surface area contributed by atoms with Gasteiger partial charge in [0, 0.05) is 11.5 Å². The summed E-state index contributed by atoms with van der Waals surface area (Å²) >= 11 is 0. The molecule has 0 aromatic heterocycles. The molecule has 4 aliphatic rings. The van der Waals surface area contributed by atoms with Gasteiger partial charge in [-0.05, 0) is 44.4 Å². The highest BCUT2D eigenvalue weighted by molar-refractivity contribution is 5.91. The summed E-state index contributed by atoms with van der Waals surface area (Å²) in [5.41, 5.74) is 0.430. The summed E-state index contributed by atoms with van der Waals surface area (Å²) in [5.74, 6) is 1.20. The van der Waals surface area contributed by atoms with Gasteiger partial charge < -0.3 is 9.47 Å². The summed E-state index contributed by atoms with van der Waals surface area (Å²) in [7, 11) is 0. The van der Waals surface area contributed by atoms with Crippen molar-refractivity contribution in [1.82, 2.24) is 0 Å². The third-order valence-electron chi connectivity index (χ3n) is 6.01. The predicted molar refractivity (Wildman–Crippen MR) is 65.9 cm³/mol. The molecular weight excluding hydrogens is 228 g/mol. The van der Waals surface area contributed by atoms with Crippen LogP contribution in [0.1, 0.15) is 39.5 Å². The Bertz CT molecular complexity index is 457. The van der Waals surface area contributed by atoms with Gasteiger partial charge in [0.05, 0.1) is 5.60 Å². The molecule has 2 aliphatic carbocycles. The Morgan fingerprint density at radius 1 is 1.33 bits per heavy atom. The highest BCUT2D eigenvalue weighted by atomic mass is 16.7. The van der Waals surface area contributed by atoms with E-state index in [4.69, 9.17) is 9.47 Å². The van der Waals surface area contributed by atoms with Crippen molar-refractivity contribution in [3.05, 3.63) is 12.2 Å². The van der Waals surface area contributed by atoms with Gasteiger partial charge in [0.2, 0.25) is 0 Å². The summed E-state index contributed by atoms with van der Waals surface area (Å²) in [6.07, 6.45) is 4.43. The fourth-order valence-corrected chi connectivity index (χ4v) is 4.95. The van der Waals surface area contributed by atoms with Gasteiger partial charge in [-0.1, -0.05) is 13.5 Å². The van der Waals surface area contributed by atoms with Gasteiger partial charge in [0.1, 0.15) is 11.7 Å². The number of hydrogen-bond acceptors (Lipinski definition) is 3. The summed E-state index contributed by atoms with van der Waals surface area (Å²) in [4.78, 5) is 11.8. The largest absolute Gasteiger partial charge is 0.455 e. The first-order valence-electron chi connectivity index (χ1n) is 7.09.